The summed E-state index contributed by atoms with van der Waals surface area (Å²) >= 11 is 2.09. The minimum atomic E-state index is 0.381. The third kappa shape index (κ3) is 2.29. The zero-order valence-electron chi connectivity index (χ0n) is 10.6. The maximum absolute atomic E-state index is 5.85. The van der Waals surface area contributed by atoms with Gasteiger partial charge in [0.15, 0.2) is 0 Å². The fourth-order valence-electron chi connectivity index (χ4n) is 3.32. The van der Waals surface area contributed by atoms with Crippen molar-refractivity contribution in [3.63, 3.8) is 0 Å². The zero-order valence-corrected chi connectivity index (χ0v) is 11.5. The molecule has 3 rings (SSSR count). The smallest absolute Gasteiger partial charge is 0.0483 e. The molecule has 1 aromatic rings. The van der Waals surface area contributed by atoms with Crippen molar-refractivity contribution < 1.29 is 0 Å². The van der Waals surface area contributed by atoms with E-state index in [2.05, 4.69) is 28.2 Å². The van der Waals surface area contributed by atoms with Crippen molar-refractivity contribution in [1.29, 1.82) is 0 Å². The van der Waals surface area contributed by atoms with E-state index in [1.54, 1.807) is 0 Å². The normalized spacial score (nSPS) is 28.9. The van der Waals surface area contributed by atoms with Gasteiger partial charge in [-0.1, -0.05) is 12.5 Å². The molecule has 3 unspecified atom stereocenters. The second-order valence-corrected chi connectivity index (χ2v) is 6.64. The first kappa shape index (κ1) is 12.5. The number of aryl methyl sites for hydroxylation is 1. The quantitative estimate of drug-likeness (QED) is 0.648. The number of rotatable bonds is 3. The lowest BCUT2D eigenvalue weighted by molar-refractivity contribution is 0.399. The van der Waals surface area contributed by atoms with Crippen LogP contribution in [0.2, 0.25) is 0 Å². The first-order chi connectivity index (χ1) is 8.90. The third-order valence-corrected chi connectivity index (χ3v) is 5.72. The van der Waals surface area contributed by atoms with Crippen LogP contribution in [0.1, 0.15) is 42.9 Å². The highest BCUT2D eigenvalue weighted by atomic mass is 32.2. The molecule has 1 aromatic heterocycles. The van der Waals surface area contributed by atoms with Crippen LogP contribution >= 0.6 is 11.8 Å². The summed E-state index contributed by atoms with van der Waals surface area (Å²) in [6.07, 6.45) is 8.26. The molecule has 0 bridgehead atoms. The van der Waals surface area contributed by atoms with Crippen LogP contribution in [0.15, 0.2) is 18.3 Å². The van der Waals surface area contributed by atoms with E-state index >= 15 is 0 Å². The van der Waals surface area contributed by atoms with Crippen molar-refractivity contribution in [2.75, 3.05) is 5.75 Å². The summed E-state index contributed by atoms with van der Waals surface area (Å²) in [4.78, 5) is 4.60. The van der Waals surface area contributed by atoms with Gasteiger partial charge in [0, 0.05) is 29.1 Å². The molecule has 0 amide bonds. The Hall–Kier alpha value is -0.580. The number of hydrogen-bond donors (Lipinski definition) is 2. The van der Waals surface area contributed by atoms with Crippen LogP contribution in [0.4, 0.5) is 0 Å². The number of aromatic nitrogens is 1. The minimum Gasteiger partial charge on any atom is -0.271 e. The lowest BCUT2D eigenvalue weighted by Crippen LogP contribution is -2.47. The van der Waals surface area contributed by atoms with E-state index in [4.69, 9.17) is 5.84 Å². The Kier molecular flexibility index (Phi) is 3.87. The second-order valence-electron chi connectivity index (χ2n) is 5.29. The Balaban J connectivity index is 1.80. The number of hydrazine groups is 1. The van der Waals surface area contributed by atoms with E-state index in [1.807, 2.05) is 12.3 Å². The van der Waals surface area contributed by atoms with Crippen LogP contribution in [-0.2, 0) is 6.42 Å². The SMILES string of the molecule is NNC(C1CCCCS1)C1CCc2cccnc21. The minimum absolute atomic E-state index is 0.381. The number of hydrogen-bond acceptors (Lipinski definition) is 4. The molecule has 2 aliphatic rings. The molecule has 0 aromatic carbocycles. The van der Waals surface area contributed by atoms with Crippen molar-refractivity contribution in [1.82, 2.24) is 10.4 Å². The Labute approximate surface area is 113 Å². The molecule has 0 saturated carbocycles. The first-order valence-electron chi connectivity index (χ1n) is 6.91. The standard InChI is InChI=1S/C14H21N3S/c15-17-14(12-5-1-2-9-18-12)11-7-6-10-4-3-8-16-13(10)11/h3-4,8,11-12,14,17H,1-2,5-7,9,15H2. The Morgan fingerprint density at radius 2 is 2.33 bits per heavy atom. The van der Waals surface area contributed by atoms with E-state index in [9.17, 15) is 0 Å². The van der Waals surface area contributed by atoms with E-state index in [-0.39, 0.29) is 0 Å². The summed E-state index contributed by atoms with van der Waals surface area (Å²) in [6, 6.07) is 4.64. The summed E-state index contributed by atoms with van der Waals surface area (Å²) < 4.78 is 0. The van der Waals surface area contributed by atoms with E-state index in [0.29, 0.717) is 17.2 Å². The van der Waals surface area contributed by atoms with Crippen LogP contribution in [-0.4, -0.2) is 22.0 Å². The highest BCUT2D eigenvalue weighted by Gasteiger charge is 2.35. The van der Waals surface area contributed by atoms with Gasteiger partial charge in [-0.25, -0.2) is 0 Å². The molecule has 1 aliphatic carbocycles. The van der Waals surface area contributed by atoms with Crippen molar-refractivity contribution in [3.05, 3.63) is 29.6 Å². The number of pyridine rings is 1. The predicted molar refractivity (Wildman–Crippen MR) is 76.5 cm³/mol. The maximum atomic E-state index is 5.85. The van der Waals surface area contributed by atoms with Crippen LogP contribution in [0.5, 0.6) is 0 Å². The van der Waals surface area contributed by atoms with Gasteiger partial charge in [0.25, 0.3) is 0 Å². The van der Waals surface area contributed by atoms with Gasteiger partial charge in [-0.15, -0.1) is 0 Å². The Bertz CT molecular complexity index is 404. The highest BCUT2D eigenvalue weighted by Crippen LogP contribution is 2.39. The molecular formula is C14H21N3S. The van der Waals surface area contributed by atoms with Gasteiger partial charge in [0.1, 0.15) is 0 Å². The summed E-state index contributed by atoms with van der Waals surface area (Å²) in [7, 11) is 0. The fourth-order valence-corrected chi connectivity index (χ4v) is 4.81. The van der Waals surface area contributed by atoms with Gasteiger partial charge in [-0.05, 0) is 43.1 Å². The molecule has 4 heteroatoms. The van der Waals surface area contributed by atoms with Gasteiger partial charge < -0.3 is 0 Å². The highest BCUT2D eigenvalue weighted by molar-refractivity contribution is 8.00. The van der Waals surface area contributed by atoms with Gasteiger partial charge in [0.2, 0.25) is 0 Å². The zero-order chi connectivity index (χ0) is 12.4. The molecule has 0 spiro atoms. The predicted octanol–water partition coefficient (Wildman–Crippen LogP) is 2.23. The summed E-state index contributed by atoms with van der Waals surface area (Å²) in [5.41, 5.74) is 5.80. The van der Waals surface area contributed by atoms with Crippen LogP contribution in [0.3, 0.4) is 0 Å². The van der Waals surface area contributed by atoms with Gasteiger partial charge >= 0.3 is 0 Å². The molecule has 1 aliphatic heterocycles. The number of fused-ring (bicyclic) bond motifs is 1. The van der Waals surface area contributed by atoms with Crippen molar-refractivity contribution in [3.8, 4) is 0 Å². The molecule has 0 radical (unpaired) electrons. The molecule has 3 nitrogen and oxygen atoms in total. The van der Waals surface area contributed by atoms with Crippen molar-refractivity contribution >= 4 is 11.8 Å². The maximum Gasteiger partial charge on any atom is 0.0483 e. The third-order valence-electron chi connectivity index (χ3n) is 4.24. The Morgan fingerprint density at radius 1 is 1.39 bits per heavy atom. The van der Waals surface area contributed by atoms with Gasteiger partial charge in [-0.2, -0.15) is 11.8 Å². The molecular weight excluding hydrogens is 242 g/mol. The summed E-state index contributed by atoms with van der Waals surface area (Å²) in [5.74, 6) is 7.63. The Morgan fingerprint density at radius 3 is 3.11 bits per heavy atom. The number of thioether (sulfide) groups is 1. The topological polar surface area (TPSA) is 50.9 Å². The van der Waals surface area contributed by atoms with E-state index < -0.39 is 0 Å². The summed E-state index contributed by atoms with van der Waals surface area (Å²) in [6.45, 7) is 0. The molecule has 2 heterocycles. The number of nitrogens with one attached hydrogen (secondary N) is 1. The van der Waals surface area contributed by atoms with E-state index in [1.165, 1.54) is 42.7 Å². The van der Waals surface area contributed by atoms with Crippen LogP contribution in [0.25, 0.3) is 0 Å². The fraction of sp³-hybridized carbons (Fsp3) is 0.643. The molecule has 3 N–H and O–H groups in total. The van der Waals surface area contributed by atoms with E-state index in [0.717, 1.165) is 6.42 Å². The average molecular weight is 263 g/mol. The average Bonchev–Trinajstić information content (AvgIpc) is 2.85. The van der Waals surface area contributed by atoms with Gasteiger partial charge in [-0.3, -0.25) is 16.3 Å². The molecule has 18 heavy (non-hydrogen) atoms. The monoisotopic (exact) mass is 263 g/mol. The lowest BCUT2D eigenvalue weighted by atomic mass is 9.92. The molecule has 1 fully saturated rings. The van der Waals surface area contributed by atoms with Crippen LogP contribution in [0, 0.1) is 0 Å². The van der Waals surface area contributed by atoms with Crippen molar-refractivity contribution in [2.24, 2.45) is 5.84 Å². The lowest BCUT2D eigenvalue weighted by Gasteiger charge is -2.33. The number of nitrogens with two attached hydrogens (primary N) is 1. The molecule has 3 atom stereocenters. The van der Waals surface area contributed by atoms with Gasteiger partial charge in [0.05, 0.1) is 0 Å². The van der Waals surface area contributed by atoms with Crippen molar-refractivity contribution in [2.45, 2.75) is 49.3 Å². The number of nitrogens with zero attached hydrogens (tertiary/aromatic N) is 1. The molecule has 1 saturated heterocycles. The second kappa shape index (κ2) is 5.59. The summed E-state index contributed by atoms with van der Waals surface area (Å²) in [5, 5.41) is 0.654. The first-order valence-corrected chi connectivity index (χ1v) is 7.96. The largest absolute Gasteiger partial charge is 0.271 e. The van der Waals surface area contributed by atoms with Crippen LogP contribution < -0.4 is 11.3 Å². The molecule has 98 valence electrons.